The number of epoxide rings is 1. The number of unbranched alkanes of at least 4 members (excludes halogenated alkanes) is 2. The SMILES string of the molecule is CC1C=CC=CC=C1CCCCCC1CC=CC(C)(C(C)C2OC2O)CC1. The van der Waals surface area contributed by atoms with Crippen LogP contribution in [-0.4, -0.2) is 17.5 Å². The molecule has 1 saturated heterocycles. The van der Waals surface area contributed by atoms with Crippen molar-refractivity contribution < 1.29 is 9.84 Å². The maximum atomic E-state index is 9.60. The lowest BCUT2D eigenvalue weighted by Crippen LogP contribution is -2.28. The van der Waals surface area contributed by atoms with Crippen LogP contribution in [0.2, 0.25) is 0 Å². The third kappa shape index (κ3) is 5.68. The van der Waals surface area contributed by atoms with Crippen LogP contribution in [0, 0.1) is 23.2 Å². The second-order valence-corrected chi connectivity index (χ2v) is 9.23. The van der Waals surface area contributed by atoms with Crippen LogP contribution in [0.15, 0.2) is 48.1 Å². The van der Waals surface area contributed by atoms with Gasteiger partial charge in [0.2, 0.25) is 0 Å². The van der Waals surface area contributed by atoms with Gasteiger partial charge in [-0.3, -0.25) is 0 Å². The average molecular weight is 371 g/mol. The van der Waals surface area contributed by atoms with Crippen molar-refractivity contribution >= 4 is 0 Å². The topological polar surface area (TPSA) is 32.8 Å². The molecule has 3 rings (SSSR count). The molecule has 0 aromatic heterocycles. The standard InChI is InChI=1S/C25H38O2/c1-19-11-6-4-8-14-22(19)15-9-5-7-12-21-13-10-17-25(3,18-16-21)20(2)23-24(26)27-23/h4,6,8,10-11,14,17,19-21,23-24,26H,5,7,9,12-13,15-16,18H2,1-3H3. The van der Waals surface area contributed by atoms with Crippen LogP contribution in [0.25, 0.3) is 0 Å². The van der Waals surface area contributed by atoms with Gasteiger partial charge in [-0.25, -0.2) is 0 Å². The van der Waals surface area contributed by atoms with Gasteiger partial charge >= 0.3 is 0 Å². The minimum absolute atomic E-state index is 0.0431. The first-order chi connectivity index (χ1) is 13.0. The first-order valence-corrected chi connectivity index (χ1v) is 11.0. The summed E-state index contributed by atoms with van der Waals surface area (Å²) in [5, 5.41) is 9.60. The second-order valence-electron chi connectivity index (χ2n) is 9.23. The van der Waals surface area contributed by atoms with Crippen molar-refractivity contribution in [2.24, 2.45) is 23.2 Å². The van der Waals surface area contributed by atoms with Gasteiger partial charge in [-0.2, -0.15) is 0 Å². The van der Waals surface area contributed by atoms with E-state index in [1.807, 2.05) is 0 Å². The Hall–Kier alpha value is -1.12. The van der Waals surface area contributed by atoms with E-state index in [1.54, 1.807) is 5.57 Å². The molecule has 0 saturated carbocycles. The lowest BCUT2D eigenvalue weighted by molar-refractivity contribution is 0.153. The minimum Gasteiger partial charge on any atom is -0.366 e. The Morgan fingerprint density at radius 3 is 2.81 bits per heavy atom. The van der Waals surface area contributed by atoms with Gasteiger partial charge in [-0.1, -0.05) is 88.1 Å². The molecule has 0 amide bonds. The molecule has 2 heteroatoms. The average Bonchev–Trinajstić information content (AvgIpc) is 3.43. The van der Waals surface area contributed by atoms with E-state index in [-0.39, 0.29) is 11.5 Å². The molecule has 6 unspecified atom stereocenters. The van der Waals surface area contributed by atoms with Crippen LogP contribution in [-0.2, 0) is 4.74 Å². The molecule has 27 heavy (non-hydrogen) atoms. The predicted octanol–water partition coefficient (Wildman–Crippen LogP) is 6.34. The van der Waals surface area contributed by atoms with Crippen molar-refractivity contribution in [1.29, 1.82) is 0 Å². The van der Waals surface area contributed by atoms with E-state index in [2.05, 4.69) is 63.3 Å². The zero-order valence-electron chi connectivity index (χ0n) is 17.4. The summed E-state index contributed by atoms with van der Waals surface area (Å²) in [6.45, 7) is 6.88. The number of aliphatic hydroxyl groups excluding tert-OH is 1. The zero-order chi connectivity index (χ0) is 19.3. The monoisotopic (exact) mass is 370 g/mol. The number of allylic oxidation sites excluding steroid dienone is 8. The van der Waals surface area contributed by atoms with Gasteiger partial charge in [0.25, 0.3) is 0 Å². The van der Waals surface area contributed by atoms with Gasteiger partial charge < -0.3 is 9.84 Å². The van der Waals surface area contributed by atoms with Crippen molar-refractivity contribution in [3.63, 3.8) is 0 Å². The molecule has 2 nitrogen and oxygen atoms in total. The number of hydrogen-bond donors (Lipinski definition) is 1. The molecule has 1 fully saturated rings. The van der Waals surface area contributed by atoms with Gasteiger partial charge in [0.15, 0.2) is 6.29 Å². The molecule has 6 atom stereocenters. The lowest BCUT2D eigenvalue weighted by Gasteiger charge is -2.32. The summed E-state index contributed by atoms with van der Waals surface area (Å²) in [5.74, 6) is 1.79. The van der Waals surface area contributed by atoms with Gasteiger partial charge in [0.05, 0.1) is 0 Å². The van der Waals surface area contributed by atoms with Gasteiger partial charge in [-0.15, -0.1) is 0 Å². The second kappa shape index (κ2) is 9.39. The van der Waals surface area contributed by atoms with Crippen molar-refractivity contribution in [3.8, 4) is 0 Å². The molecule has 0 aromatic carbocycles. The smallest absolute Gasteiger partial charge is 0.182 e. The molecule has 1 heterocycles. The Morgan fingerprint density at radius 2 is 2.04 bits per heavy atom. The fourth-order valence-corrected chi connectivity index (χ4v) is 4.74. The van der Waals surface area contributed by atoms with Gasteiger partial charge in [0, 0.05) is 0 Å². The van der Waals surface area contributed by atoms with Crippen LogP contribution in [0.5, 0.6) is 0 Å². The molecule has 0 aromatic rings. The van der Waals surface area contributed by atoms with E-state index < -0.39 is 6.29 Å². The Balaban J connectivity index is 1.35. The molecule has 0 radical (unpaired) electrons. The highest BCUT2D eigenvalue weighted by molar-refractivity contribution is 5.25. The largest absolute Gasteiger partial charge is 0.366 e. The molecule has 1 N–H and O–H groups in total. The summed E-state index contributed by atoms with van der Waals surface area (Å²) in [6.07, 6.45) is 25.7. The molecule has 3 aliphatic rings. The highest BCUT2D eigenvalue weighted by atomic mass is 16.7. The summed E-state index contributed by atoms with van der Waals surface area (Å²) in [7, 11) is 0. The summed E-state index contributed by atoms with van der Waals surface area (Å²) in [5.41, 5.74) is 1.74. The van der Waals surface area contributed by atoms with Crippen molar-refractivity contribution in [2.45, 2.75) is 84.5 Å². The van der Waals surface area contributed by atoms with Crippen molar-refractivity contribution in [2.75, 3.05) is 0 Å². The number of rotatable bonds is 8. The predicted molar refractivity (Wildman–Crippen MR) is 113 cm³/mol. The Bertz CT molecular complexity index is 599. The summed E-state index contributed by atoms with van der Waals surface area (Å²) >= 11 is 0. The Kier molecular flexibility index (Phi) is 7.16. The van der Waals surface area contributed by atoms with E-state index in [1.165, 1.54) is 51.4 Å². The number of hydrogen-bond acceptors (Lipinski definition) is 2. The lowest BCUT2D eigenvalue weighted by atomic mass is 9.72. The highest BCUT2D eigenvalue weighted by Gasteiger charge is 2.48. The van der Waals surface area contributed by atoms with E-state index in [9.17, 15) is 5.11 Å². The van der Waals surface area contributed by atoms with Crippen LogP contribution in [0.1, 0.15) is 72.1 Å². The fraction of sp³-hybridized carbons (Fsp3) is 0.680. The molecular weight excluding hydrogens is 332 g/mol. The van der Waals surface area contributed by atoms with E-state index in [4.69, 9.17) is 4.74 Å². The molecule has 150 valence electrons. The summed E-state index contributed by atoms with van der Waals surface area (Å²) in [4.78, 5) is 0. The minimum atomic E-state index is -0.526. The van der Waals surface area contributed by atoms with Crippen LogP contribution >= 0.6 is 0 Å². The molecule has 0 spiro atoms. The summed E-state index contributed by atoms with van der Waals surface area (Å²) < 4.78 is 5.33. The number of ether oxygens (including phenoxy) is 1. The normalized spacial score (nSPS) is 36.8. The Labute approximate surface area is 166 Å². The van der Waals surface area contributed by atoms with E-state index >= 15 is 0 Å². The first-order valence-electron chi connectivity index (χ1n) is 11.0. The zero-order valence-corrected chi connectivity index (χ0v) is 17.4. The van der Waals surface area contributed by atoms with Gasteiger partial charge in [-0.05, 0) is 55.3 Å². The highest BCUT2D eigenvalue weighted by Crippen LogP contribution is 2.45. The quantitative estimate of drug-likeness (QED) is 0.307. The maximum absolute atomic E-state index is 9.60. The molecule has 0 bridgehead atoms. The van der Waals surface area contributed by atoms with Crippen molar-refractivity contribution in [3.05, 3.63) is 48.1 Å². The van der Waals surface area contributed by atoms with E-state index in [0.29, 0.717) is 11.8 Å². The molecular formula is C25H38O2. The van der Waals surface area contributed by atoms with Crippen LogP contribution in [0.4, 0.5) is 0 Å². The van der Waals surface area contributed by atoms with Crippen molar-refractivity contribution in [1.82, 2.24) is 0 Å². The fourth-order valence-electron chi connectivity index (χ4n) is 4.74. The van der Waals surface area contributed by atoms with Crippen LogP contribution in [0.3, 0.4) is 0 Å². The van der Waals surface area contributed by atoms with E-state index in [0.717, 1.165) is 5.92 Å². The number of aliphatic hydroxyl groups is 1. The third-order valence-electron chi connectivity index (χ3n) is 7.19. The summed E-state index contributed by atoms with van der Waals surface area (Å²) in [6, 6.07) is 0. The maximum Gasteiger partial charge on any atom is 0.182 e. The third-order valence-corrected chi connectivity index (χ3v) is 7.19. The Morgan fingerprint density at radius 1 is 1.22 bits per heavy atom. The van der Waals surface area contributed by atoms with Crippen LogP contribution < -0.4 is 0 Å². The van der Waals surface area contributed by atoms with Gasteiger partial charge in [0.1, 0.15) is 6.10 Å². The molecule has 2 aliphatic carbocycles. The molecule has 1 aliphatic heterocycles. The first kappa shape index (κ1) is 20.6.